The molecule has 0 radical (unpaired) electrons. The molecule has 1 spiro atoms. The molecule has 8 heteroatoms. The summed E-state index contributed by atoms with van der Waals surface area (Å²) in [6.45, 7) is 8.04. The molecule has 2 amide bonds. The van der Waals surface area contributed by atoms with Gasteiger partial charge in [-0.15, -0.1) is 18.3 Å². The zero-order valence-electron chi connectivity index (χ0n) is 19.1. The maximum atomic E-state index is 14.2. The predicted octanol–water partition coefficient (Wildman–Crippen LogP) is 2.39. The molecule has 3 fully saturated rings. The first-order valence-corrected chi connectivity index (χ1v) is 12.4. The number of aliphatic hydroxyl groups is 1. The Morgan fingerprint density at radius 1 is 1.33 bits per heavy atom. The van der Waals surface area contributed by atoms with Gasteiger partial charge in [-0.25, -0.2) is 0 Å². The van der Waals surface area contributed by atoms with E-state index < -0.39 is 34.6 Å². The number of fused-ring (bicyclic) bond motifs is 1. The van der Waals surface area contributed by atoms with Crippen LogP contribution < -0.4 is 0 Å². The van der Waals surface area contributed by atoms with Gasteiger partial charge in [0.25, 0.3) is 0 Å². The maximum Gasteiger partial charge on any atom is 0.308 e. The molecule has 6 atom stereocenters. The van der Waals surface area contributed by atoms with Crippen molar-refractivity contribution in [2.75, 3.05) is 13.2 Å². The number of carboxylic acids is 1. The molecule has 3 aliphatic heterocycles. The summed E-state index contributed by atoms with van der Waals surface area (Å²) in [5.74, 6) is -3.11. The third-order valence-corrected chi connectivity index (χ3v) is 9.40. The number of benzene rings is 1. The van der Waals surface area contributed by atoms with E-state index in [1.807, 2.05) is 44.2 Å². The van der Waals surface area contributed by atoms with Gasteiger partial charge in [0.1, 0.15) is 6.04 Å². The van der Waals surface area contributed by atoms with Crippen LogP contribution in [0.5, 0.6) is 0 Å². The van der Waals surface area contributed by atoms with E-state index in [0.717, 1.165) is 5.56 Å². The molecular weight excluding hydrogens is 440 g/mol. The van der Waals surface area contributed by atoms with Crippen molar-refractivity contribution < 1.29 is 24.6 Å². The van der Waals surface area contributed by atoms with E-state index >= 15 is 0 Å². The third-order valence-electron chi connectivity index (χ3n) is 7.45. The zero-order chi connectivity index (χ0) is 23.9. The molecule has 0 aromatic heterocycles. The van der Waals surface area contributed by atoms with Crippen molar-refractivity contribution in [1.29, 1.82) is 0 Å². The summed E-state index contributed by atoms with van der Waals surface area (Å²) in [6.07, 6.45) is 2.97. The summed E-state index contributed by atoms with van der Waals surface area (Å²) in [6, 6.07) is 8.28. The average molecular weight is 473 g/mol. The molecule has 1 aromatic carbocycles. The van der Waals surface area contributed by atoms with Crippen molar-refractivity contribution in [2.24, 2.45) is 17.8 Å². The summed E-state index contributed by atoms with van der Waals surface area (Å²) in [7, 11) is 0. The van der Waals surface area contributed by atoms with Gasteiger partial charge in [-0.3, -0.25) is 14.4 Å². The van der Waals surface area contributed by atoms with Crippen LogP contribution in [-0.2, 0) is 20.9 Å². The van der Waals surface area contributed by atoms with Crippen molar-refractivity contribution in [2.45, 2.75) is 55.3 Å². The Labute approximate surface area is 198 Å². The first-order chi connectivity index (χ1) is 15.8. The van der Waals surface area contributed by atoms with Crippen molar-refractivity contribution in [3.8, 4) is 0 Å². The second kappa shape index (κ2) is 9.14. The van der Waals surface area contributed by atoms with Gasteiger partial charge in [-0.05, 0) is 24.3 Å². The number of carboxylic acid groups (broad SMARTS) is 1. The highest BCUT2D eigenvalue weighted by molar-refractivity contribution is 8.02. The highest BCUT2D eigenvalue weighted by Crippen LogP contribution is 2.66. The molecule has 3 heterocycles. The molecule has 0 saturated carbocycles. The summed E-state index contributed by atoms with van der Waals surface area (Å²) in [5, 5.41) is 20.0. The van der Waals surface area contributed by atoms with Crippen LogP contribution in [-0.4, -0.2) is 73.0 Å². The first kappa shape index (κ1) is 23.8. The largest absolute Gasteiger partial charge is 0.481 e. The Bertz CT molecular complexity index is 938. The fraction of sp³-hybridized carbons (Fsp3) is 0.560. The molecule has 178 valence electrons. The number of thioether (sulfide) groups is 1. The summed E-state index contributed by atoms with van der Waals surface area (Å²) >= 11 is 1.51. The molecule has 0 aliphatic carbocycles. The number of amides is 2. The lowest BCUT2D eigenvalue weighted by Gasteiger charge is -2.40. The second-order valence-corrected chi connectivity index (χ2v) is 11.2. The Morgan fingerprint density at radius 2 is 2.03 bits per heavy atom. The van der Waals surface area contributed by atoms with E-state index in [1.165, 1.54) is 11.8 Å². The van der Waals surface area contributed by atoms with Crippen LogP contribution in [0.4, 0.5) is 0 Å². The lowest BCUT2D eigenvalue weighted by atomic mass is 9.71. The Morgan fingerprint density at radius 3 is 2.61 bits per heavy atom. The number of rotatable bonds is 9. The summed E-state index contributed by atoms with van der Waals surface area (Å²) < 4.78 is -0.777. The van der Waals surface area contributed by atoms with Gasteiger partial charge in [0.2, 0.25) is 11.8 Å². The molecule has 2 unspecified atom stereocenters. The number of carbonyl (C=O) groups excluding carboxylic acids is 2. The Kier molecular flexibility index (Phi) is 6.60. The van der Waals surface area contributed by atoms with E-state index in [9.17, 15) is 24.6 Å². The Balaban J connectivity index is 1.78. The molecule has 1 aromatic rings. The SMILES string of the molecule is C=CCN(Cc1ccccc1)C(=O)C1N([C@@H](CO)C(C)C)C(=O)[C@@H]2[C@H](C(=O)O)[C@@H]3CCC12S3. The van der Waals surface area contributed by atoms with Crippen LogP contribution >= 0.6 is 11.8 Å². The van der Waals surface area contributed by atoms with Crippen molar-refractivity contribution >= 4 is 29.5 Å². The average Bonchev–Trinajstić information content (AvgIpc) is 3.42. The van der Waals surface area contributed by atoms with Gasteiger partial charge in [0, 0.05) is 18.3 Å². The van der Waals surface area contributed by atoms with Crippen LogP contribution in [0, 0.1) is 17.8 Å². The van der Waals surface area contributed by atoms with Crippen LogP contribution in [0.2, 0.25) is 0 Å². The second-order valence-electron chi connectivity index (χ2n) is 9.63. The summed E-state index contributed by atoms with van der Waals surface area (Å²) in [5.41, 5.74) is 0.965. The maximum absolute atomic E-state index is 14.2. The predicted molar refractivity (Wildman–Crippen MR) is 126 cm³/mol. The number of hydrogen-bond donors (Lipinski definition) is 2. The van der Waals surface area contributed by atoms with Crippen molar-refractivity contribution in [3.05, 3.63) is 48.6 Å². The number of hydrogen-bond acceptors (Lipinski definition) is 5. The standard InChI is InChI=1S/C25H32N2O5S/c1-4-12-26(13-16-8-6-5-7-9-16)23(30)21-25-11-10-18(33-25)19(24(31)32)20(25)22(29)27(21)17(14-28)15(2)3/h4-9,15,17-21,28H,1,10-14H2,2-3H3,(H,31,32)/t17-,18-,19+,20-,21?,25?/m0/s1. The van der Waals surface area contributed by atoms with E-state index in [1.54, 1.807) is 15.9 Å². The van der Waals surface area contributed by atoms with E-state index in [-0.39, 0.29) is 29.6 Å². The number of carbonyl (C=O) groups is 3. The van der Waals surface area contributed by atoms with Crippen LogP contribution in [0.15, 0.2) is 43.0 Å². The third kappa shape index (κ3) is 3.77. The molecule has 2 bridgehead atoms. The number of aliphatic carboxylic acids is 1. The highest BCUT2D eigenvalue weighted by atomic mass is 32.2. The molecule has 33 heavy (non-hydrogen) atoms. The normalized spacial score (nSPS) is 31.0. The molecule has 7 nitrogen and oxygen atoms in total. The highest BCUT2D eigenvalue weighted by Gasteiger charge is 2.74. The number of likely N-dealkylation sites (tertiary alicyclic amines) is 1. The smallest absolute Gasteiger partial charge is 0.308 e. The van der Waals surface area contributed by atoms with Crippen molar-refractivity contribution in [3.63, 3.8) is 0 Å². The van der Waals surface area contributed by atoms with Gasteiger partial charge < -0.3 is 20.0 Å². The number of aliphatic hydroxyl groups excluding tert-OH is 1. The zero-order valence-corrected chi connectivity index (χ0v) is 19.9. The van der Waals surface area contributed by atoms with E-state index in [2.05, 4.69) is 6.58 Å². The fourth-order valence-electron chi connectivity index (χ4n) is 5.99. The molecule has 2 N–H and O–H groups in total. The van der Waals surface area contributed by atoms with Crippen molar-refractivity contribution in [1.82, 2.24) is 9.80 Å². The van der Waals surface area contributed by atoms with Gasteiger partial charge in [-0.2, -0.15) is 0 Å². The molecule has 3 saturated heterocycles. The lowest BCUT2D eigenvalue weighted by Crippen LogP contribution is -2.58. The topological polar surface area (TPSA) is 98.2 Å². The Hall–Kier alpha value is -2.32. The fourth-order valence-corrected chi connectivity index (χ4v) is 8.19. The molecule has 4 rings (SSSR count). The van der Waals surface area contributed by atoms with Crippen LogP contribution in [0.3, 0.4) is 0 Å². The van der Waals surface area contributed by atoms with Gasteiger partial charge in [0.05, 0.1) is 29.2 Å². The monoisotopic (exact) mass is 472 g/mol. The minimum atomic E-state index is -0.974. The quantitative estimate of drug-likeness (QED) is 0.536. The lowest BCUT2D eigenvalue weighted by molar-refractivity contribution is -0.150. The number of nitrogens with zero attached hydrogens (tertiary/aromatic N) is 2. The van der Waals surface area contributed by atoms with Gasteiger partial charge in [0.15, 0.2) is 0 Å². The van der Waals surface area contributed by atoms with Gasteiger partial charge >= 0.3 is 5.97 Å². The van der Waals surface area contributed by atoms with Crippen LogP contribution in [0.1, 0.15) is 32.3 Å². The minimum absolute atomic E-state index is 0.0862. The van der Waals surface area contributed by atoms with E-state index in [4.69, 9.17) is 0 Å². The van der Waals surface area contributed by atoms with Gasteiger partial charge in [-0.1, -0.05) is 50.3 Å². The summed E-state index contributed by atoms with van der Waals surface area (Å²) in [4.78, 5) is 43.4. The van der Waals surface area contributed by atoms with E-state index in [0.29, 0.717) is 25.9 Å². The minimum Gasteiger partial charge on any atom is -0.481 e. The molecule has 3 aliphatic rings. The van der Waals surface area contributed by atoms with Crippen LogP contribution in [0.25, 0.3) is 0 Å². The first-order valence-electron chi connectivity index (χ1n) is 11.5. The molecular formula is C25H32N2O5S.